The van der Waals surface area contributed by atoms with Crippen LogP contribution in [0.2, 0.25) is 0 Å². The van der Waals surface area contributed by atoms with Crippen molar-refractivity contribution in [1.82, 2.24) is 14.5 Å². The van der Waals surface area contributed by atoms with Gasteiger partial charge in [0.15, 0.2) is 0 Å². The van der Waals surface area contributed by atoms with Gasteiger partial charge in [0.25, 0.3) is 0 Å². The Bertz CT molecular complexity index is 2630. The molecule has 3 heterocycles. The highest BCUT2D eigenvalue weighted by Gasteiger charge is 2.17. The van der Waals surface area contributed by atoms with Crippen molar-refractivity contribution in [3.63, 3.8) is 0 Å². The number of thiazole rings is 2. The van der Waals surface area contributed by atoms with E-state index in [-0.39, 0.29) is 0 Å². The Labute approximate surface area is 291 Å². The number of aromatic nitrogens is 3. The summed E-state index contributed by atoms with van der Waals surface area (Å²) in [7, 11) is 0. The number of para-hydroxylation sites is 2. The zero-order valence-corrected chi connectivity index (χ0v) is 27.9. The van der Waals surface area contributed by atoms with E-state index in [0.717, 1.165) is 37.9 Å². The van der Waals surface area contributed by atoms with Crippen LogP contribution in [0, 0.1) is 0 Å². The molecule has 0 atom stereocenters. The second-order valence-electron chi connectivity index (χ2n) is 12.2. The van der Waals surface area contributed by atoms with Gasteiger partial charge < -0.3 is 4.57 Å². The van der Waals surface area contributed by atoms with Gasteiger partial charge in [-0.3, -0.25) is 0 Å². The van der Waals surface area contributed by atoms with Crippen LogP contribution in [-0.4, -0.2) is 14.5 Å². The van der Waals surface area contributed by atoms with Gasteiger partial charge in [-0.05, 0) is 95.1 Å². The SMILES string of the molecule is c1ccc(-c2ccccc2-c2ccc(-n3c4ccc(-c5nc6ccccc6s5)cc4c4cc(-c5nc6ccccc6s5)ccc43)cc2)cc1. The first kappa shape index (κ1) is 28.2. The topological polar surface area (TPSA) is 30.7 Å². The lowest BCUT2D eigenvalue weighted by atomic mass is 9.94. The molecule has 0 radical (unpaired) electrons. The van der Waals surface area contributed by atoms with Crippen LogP contribution < -0.4 is 0 Å². The number of fused-ring (bicyclic) bond motifs is 5. The molecule has 0 aliphatic carbocycles. The average molecular weight is 662 g/mol. The lowest BCUT2D eigenvalue weighted by Crippen LogP contribution is -1.94. The minimum absolute atomic E-state index is 1.03. The largest absolute Gasteiger partial charge is 0.309 e. The fraction of sp³-hybridized carbons (Fsp3) is 0. The Balaban J connectivity index is 1.14. The molecular formula is C44H27N3S2. The first-order chi connectivity index (χ1) is 24.3. The second-order valence-corrected chi connectivity index (χ2v) is 14.3. The summed E-state index contributed by atoms with van der Waals surface area (Å²) in [4.78, 5) is 9.99. The Morgan fingerprint density at radius 3 is 1.37 bits per heavy atom. The van der Waals surface area contributed by atoms with E-state index in [0.29, 0.717) is 0 Å². The van der Waals surface area contributed by atoms with Gasteiger partial charge in [0.1, 0.15) is 10.0 Å². The summed E-state index contributed by atoms with van der Waals surface area (Å²) in [5.41, 5.74) is 12.7. The molecule has 49 heavy (non-hydrogen) atoms. The van der Waals surface area contributed by atoms with Crippen LogP contribution in [0.4, 0.5) is 0 Å². The quantitative estimate of drug-likeness (QED) is 0.184. The third-order valence-corrected chi connectivity index (χ3v) is 11.5. The number of hydrogen-bond donors (Lipinski definition) is 0. The molecule has 3 aromatic heterocycles. The molecule has 10 aromatic rings. The molecule has 0 aliphatic rings. The summed E-state index contributed by atoms with van der Waals surface area (Å²) >= 11 is 3.49. The van der Waals surface area contributed by atoms with Crippen molar-refractivity contribution in [2.45, 2.75) is 0 Å². The molecule has 0 fully saturated rings. The molecule has 0 spiro atoms. The van der Waals surface area contributed by atoms with Gasteiger partial charge in [0, 0.05) is 27.6 Å². The maximum absolute atomic E-state index is 5.00. The molecule has 0 saturated heterocycles. The van der Waals surface area contributed by atoms with Crippen molar-refractivity contribution in [2.24, 2.45) is 0 Å². The highest BCUT2D eigenvalue weighted by Crippen LogP contribution is 2.40. The molecule has 0 amide bonds. The van der Waals surface area contributed by atoms with Crippen molar-refractivity contribution in [3.8, 4) is 49.1 Å². The van der Waals surface area contributed by atoms with E-state index in [9.17, 15) is 0 Å². The van der Waals surface area contributed by atoms with Gasteiger partial charge in [0.05, 0.1) is 31.5 Å². The molecule has 0 saturated carbocycles. The maximum atomic E-state index is 5.00. The summed E-state index contributed by atoms with van der Waals surface area (Å²) in [6, 6.07) is 58.6. The molecule has 5 heteroatoms. The molecular weight excluding hydrogens is 635 g/mol. The standard InChI is InChI=1S/C44H27N3S2/c1-2-10-28(11-3-1)33-12-4-5-13-34(33)29-18-22-32(23-19-29)47-39-24-20-30(43-45-37-14-6-8-16-41(37)48-43)26-35(39)36-27-31(21-25-40(36)47)44-46-38-15-7-9-17-42(38)49-44/h1-27H. The average Bonchev–Trinajstić information content (AvgIpc) is 3.89. The third-order valence-electron chi connectivity index (χ3n) is 9.30. The van der Waals surface area contributed by atoms with E-state index in [4.69, 9.17) is 9.97 Å². The van der Waals surface area contributed by atoms with Gasteiger partial charge in [0.2, 0.25) is 0 Å². The molecule has 0 N–H and O–H groups in total. The van der Waals surface area contributed by atoms with Crippen LogP contribution in [0.25, 0.3) is 91.3 Å². The van der Waals surface area contributed by atoms with E-state index < -0.39 is 0 Å². The summed E-state index contributed by atoms with van der Waals surface area (Å²) < 4.78 is 4.79. The van der Waals surface area contributed by atoms with Crippen LogP contribution in [0.15, 0.2) is 164 Å². The fourth-order valence-corrected chi connectivity index (χ4v) is 8.88. The van der Waals surface area contributed by atoms with Crippen LogP contribution in [0.1, 0.15) is 0 Å². The molecule has 230 valence electrons. The Kier molecular flexibility index (Phi) is 6.54. The Morgan fingerprint density at radius 1 is 0.388 bits per heavy atom. The lowest BCUT2D eigenvalue weighted by Gasteiger charge is -2.12. The molecule has 3 nitrogen and oxygen atoms in total. The number of nitrogens with zero attached hydrogens (tertiary/aromatic N) is 3. The van der Waals surface area contributed by atoms with Crippen LogP contribution in [0.3, 0.4) is 0 Å². The van der Waals surface area contributed by atoms with Gasteiger partial charge in [-0.2, -0.15) is 0 Å². The summed E-state index contributed by atoms with van der Waals surface area (Å²) in [5.74, 6) is 0. The van der Waals surface area contributed by atoms with Crippen LogP contribution in [0.5, 0.6) is 0 Å². The molecule has 0 unspecified atom stereocenters. The normalized spacial score (nSPS) is 11.7. The first-order valence-corrected chi connectivity index (χ1v) is 18.0. The minimum atomic E-state index is 1.03. The van der Waals surface area contributed by atoms with E-state index in [1.54, 1.807) is 22.7 Å². The second kappa shape index (κ2) is 11.4. The summed E-state index contributed by atoms with van der Waals surface area (Å²) in [6.07, 6.45) is 0. The lowest BCUT2D eigenvalue weighted by molar-refractivity contribution is 1.18. The first-order valence-electron chi connectivity index (χ1n) is 16.3. The summed E-state index contributed by atoms with van der Waals surface area (Å²) in [6.45, 7) is 0. The van der Waals surface area contributed by atoms with E-state index >= 15 is 0 Å². The summed E-state index contributed by atoms with van der Waals surface area (Å²) in [5, 5.41) is 4.47. The zero-order chi connectivity index (χ0) is 32.3. The smallest absolute Gasteiger partial charge is 0.124 e. The van der Waals surface area contributed by atoms with Crippen LogP contribution >= 0.6 is 22.7 Å². The highest BCUT2D eigenvalue weighted by molar-refractivity contribution is 7.22. The molecule has 0 bridgehead atoms. The van der Waals surface area contributed by atoms with Crippen molar-refractivity contribution < 1.29 is 0 Å². The number of rotatable bonds is 5. The van der Waals surface area contributed by atoms with Crippen LogP contribution in [-0.2, 0) is 0 Å². The van der Waals surface area contributed by atoms with Crippen molar-refractivity contribution in [1.29, 1.82) is 0 Å². The van der Waals surface area contributed by atoms with Crippen molar-refractivity contribution >= 4 is 64.9 Å². The Hall–Kier alpha value is -5.88. The van der Waals surface area contributed by atoms with E-state index in [1.165, 1.54) is 53.5 Å². The highest BCUT2D eigenvalue weighted by atomic mass is 32.1. The van der Waals surface area contributed by atoms with Gasteiger partial charge in [-0.15, -0.1) is 22.7 Å². The van der Waals surface area contributed by atoms with E-state index in [2.05, 4.69) is 168 Å². The monoisotopic (exact) mass is 661 g/mol. The number of hydrogen-bond acceptors (Lipinski definition) is 4. The zero-order valence-electron chi connectivity index (χ0n) is 26.2. The van der Waals surface area contributed by atoms with Gasteiger partial charge in [-0.25, -0.2) is 9.97 Å². The van der Waals surface area contributed by atoms with E-state index in [1.807, 2.05) is 0 Å². The predicted octanol–water partition coefficient (Wildman–Crippen LogP) is 12.7. The maximum Gasteiger partial charge on any atom is 0.124 e. The van der Waals surface area contributed by atoms with Gasteiger partial charge in [-0.1, -0.05) is 91.0 Å². The minimum Gasteiger partial charge on any atom is -0.309 e. The van der Waals surface area contributed by atoms with Gasteiger partial charge >= 0.3 is 0 Å². The number of benzene rings is 7. The molecule has 0 aliphatic heterocycles. The van der Waals surface area contributed by atoms with Crippen molar-refractivity contribution in [2.75, 3.05) is 0 Å². The fourth-order valence-electron chi connectivity index (χ4n) is 6.95. The molecule has 7 aromatic carbocycles. The third kappa shape index (κ3) is 4.78. The van der Waals surface area contributed by atoms with Crippen molar-refractivity contribution in [3.05, 3.63) is 164 Å². The molecule has 10 rings (SSSR count). The predicted molar refractivity (Wildman–Crippen MR) is 209 cm³/mol. The Morgan fingerprint density at radius 2 is 0.837 bits per heavy atom.